The minimum Gasteiger partial charge on any atom is -0.479 e. The average molecular weight is 269 g/mol. The van der Waals surface area contributed by atoms with Crippen molar-refractivity contribution in [1.82, 2.24) is 4.90 Å². The molecule has 2 aliphatic rings. The Morgan fingerprint density at radius 2 is 1.84 bits per heavy atom. The number of carboxylic acid groups (broad SMARTS) is 1. The average Bonchev–Trinajstić information content (AvgIpc) is 2.39. The van der Waals surface area contributed by atoms with E-state index >= 15 is 0 Å². The highest BCUT2D eigenvalue weighted by atomic mass is 16.5. The summed E-state index contributed by atoms with van der Waals surface area (Å²) in [6, 6.07) is 0. The summed E-state index contributed by atoms with van der Waals surface area (Å²) in [5, 5.41) is 9.55. The van der Waals surface area contributed by atoms with Gasteiger partial charge in [-0.1, -0.05) is 13.3 Å². The van der Waals surface area contributed by atoms with Crippen LogP contribution in [0.15, 0.2) is 0 Å². The van der Waals surface area contributed by atoms with Gasteiger partial charge in [0.2, 0.25) is 0 Å². The predicted octanol–water partition coefficient (Wildman–Crippen LogP) is 0.795. The lowest BCUT2D eigenvalue weighted by Crippen LogP contribution is -2.64. The molecule has 1 saturated carbocycles. The zero-order valence-corrected chi connectivity index (χ0v) is 11.1. The van der Waals surface area contributed by atoms with E-state index in [0.717, 1.165) is 24.2 Å². The molecule has 0 bridgehead atoms. The van der Waals surface area contributed by atoms with Gasteiger partial charge in [0.25, 0.3) is 11.8 Å². The Morgan fingerprint density at radius 3 is 2.26 bits per heavy atom. The maximum atomic E-state index is 11.9. The Hall–Kier alpha value is -1.43. The van der Waals surface area contributed by atoms with Crippen molar-refractivity contribution in [3.63, 3.8) is 0 Å². The largest absolute Gasteiger partial charge is 0.479 e. The third-order valence-electron chi connectivity index (χ3n) is 4.29. The molecule has 6 heteroatoms. The van der Waals surface area contributed by atoms with Crippen LogP contribution in [0.1, 0.15) is 39.0 Å². The predicted molar refractivity (Wildman–Crippen MR) is 65.3 cm³/mol. The van der Waals surface area contributed by atoms with E-state index in [1.54, 1.807) is 0 Å². The summed E-state index contributed by atoms with van der Waals surface area (Å²) in [5.74, 6) is -1.66. The van der Waals surface area contributed by atoms with Gasteiger partial charge in [0.05, 0.1) is 0 Å². The number of amides is 2. The van der Waals surface area contributed by atoms with E-state index < -0.39 is 23.3 Å². The minimum absolute atomic E-state index is 0.210. The molecule has 1 aliphatic carbocycles. The fraction of sp³-hybridized carbons (Fsp3) is 0.769. The Kier molecular flexibility index (Phi) is 3.89. The van der Waals surface area contributed by atoms with E-state index in [2.05, 4.69) is 6.92 Å². The number of carbonyl (C=O) groups excluding carboxylic acids is 2. The summed E-state index contributed by atoms with van der Waals surface area (Å²) in [6.07, 6.45) is 3.17. The first kappa shape index (κ1) is 14.0. The fourth-order valence-electron chi connectivity index (χ4n) is 3.07. The number of aliphatic carboxylic acids is 1. The number of morpholine rings is 1. The van der Waals surface area contributed by atoms with Gasteiger partial charge >= 0.3 is 5.97 Å². The van der Waals surface area contributed by atoms with Crippen LogP contribution in [0.4, 0.5) is 0 Å². The van der Waals surface area contributed by atoms with E-state index in [4.69, 9.17) is 4.74 Å². The molecular formula is C13H19NO5. The van der Waals surface area contributed by atoms with Crippen LogP contribution in [0, 0.1) is 5.92 Å². The lowest BCUT2D eigenvalue weighted by atomic mass is 9.74. The van der Waals surface area contributed by atoms with Crippen molar-refractivity contribution in [2.45, 2.75) is 44.6 Å². The summed E-state index contributed by atoms with van der Waals surface area (Å²) in [5.41, 5.74) is -1.36. The molecule has 0 atom stereocenters. The topological polar surface area (TPSA) is 83.9 Å². The highest BCUT2D eigenvalue weighted by molar-refractivity contribution is 6.03. The van der Waals surface area contributed by atoms with E-state index in [9.17, 15) is 19.5 Å². The number of hydrogen-bond acceptors (Lipinski definition) is 4. The quantitative estimate of drug-likeness (QED) is 0.766. The molecule has 6 nitrogen and oxygen atoms in total. The van der Waals surface area contributed by atoms with Gasteiger partial charge in [0, 0.05) is 0 Å². The van der Waals surface area contributed by atoms with E-state index in [-0.39, 0.29) is 13.2 Å². The molecule has 0 aromatic rings. The van der Waals surface area contributed by atoms with Crippen LogP contribution >= 0.6 is 0 Å². The smallest absolute Gasteiger partial charge is 0.330 e. The van der Waals surface area contributed by atoms with Crippen LogP contribution in [0.5, 0.6) is 0 Å². The van der Waals surface area contributed by atoms with Gasteiger partial charge in [0.15, 0.2) is 0 Å². The molecule has 1 aliphatic heterocycles. The molecule has 0 aromatic carbocycles. The van der Waals surface area contributed by atoms with E-state index in [1.165, 1.54) is 0 Å². The van der Waals surface area contributed by atoms with Gasteiger partial charge in [-0.3, -0.25) is 14.5 Å². The maximum absolute atomic E-state index is 11.9. The van der Waals surface area contributed by atoms with Gasteiger partial charge in [-0.05, 0) is 31.6 Å². The zero-order valence-electron chi connectivity index (χ0n) is 11.1. The highest BCUT2D eigenvalue weighted by Gasteiger charge is 2.52. The van der Waals surface area contributed by atoms with Crippen molar-refractivity contribution < 1.29 is 24.2 Å². The number of carbonyl (C=O) groups is 3. The SMILES string of the molecule is CCC1CCC(C(=O)O)(N2C(=O)COCC2=O)CC1. The summed E-state index contributed by atoms with van der Waals surface area (Å²) in [7, 11) is 0. The zero-order chi connectivity index (χ0) is 14.0. The third-order valence-corrected chi connectivity index (χ3v) is 4.29. The molecule has 2 fully saturated rings. The van der Waals surface area contributed by atoms with Crippen LogP contribution in [-0.2, 0) is 19.1 Å². The molecular weight excluding hydrogens is 250 g/mol. The Labute approximate surface area is 111 Å². The molecule has 19 heavy (non-hydrogen) atoms. The van der Waals surface area contributed by atoms with Crippen molar-refractivity contribution in [3.05, 3.63) is 0 Å². The first-order chi connectivity index (χ1) is 9.01. The molecule has 1 heterocycles. The second-order valence-corrected chi connectivity index (χ2v) is 5.30. The van der Waals surface area contributed by atoms with Gasteiger partial charge in [0.1, 0.15) is 18.8 Å². The van der Waals surface area contributed by atoms with Gasteiger partial charge in [-0.25, -0.2) is 4.79 Å². The maximum Gasteiger partial charge on any atom is 0.330 e. The van der Waals surface area contributed by atoms with Crippen molar-refractivity contribution >= 4 is 17.8 Å². The number of nitrogens with zero attached hydrogens (tertiary/aromatic N) is 1. The highest BCUT2D eigenvalue weighted by Crippen LogP contribution is 2.38. The van der Waals surface area contributed by atoms with E-state index in [1.807, 2.05) is 0 Å². The molecule has 2 rings (SSSR count). The standard InChI is InChI=1S/C13H19NO5/c1-2-9-3-5-13(6-4-9,12(17)18)14-10(15)7-19-8-11(14)16/h9H,2-8H2,1H3,(H,17,18). The lowest BCUT2D eigenvalue weighted by Gasteiger charge is -2.44. The monoisotopic (exact) mass is 269 g/mol. The van der Waals surface area contributed by atoms with Crippen LogP contribution < -0.4 is 0 Å². The first-order valence-electron chi connectivity index (χ1n) is 6.68. The second kappa shape index (κ2) is 5.28. The van der Waals surface area contributed by atoms with Gasteiger partial charge < -0.3 is 9.84 Å². The summed E-state index contributed by atoms with van der Waals surface area (Å²) >= 11 is 0. The molecule has 0 aromatic heterocycles. The lowest BCUT2D eigenvalue weighted by molar-refractivity contribution is -0.179. The van der Waals surface area contributed by atoms with Crippen molar-refractivity contribution in [2.75, 3.05) is 13.2 Å². The number of carboxylic acids is 1. The van der Waals surface area contributed by atoms with Crippen LogP contribution in [-0.4, -0.2) is 46.5 Å². The summed E-state index contributed by atoms with van der Waals surface area (Å²) < 4.78 is 4.85. The number of imide groups is 1. The van der Waals surface area contributed by atoms with Gasteiger partial charge in [-0.2, -0.15) is 0 Å². The Balaban J connectivity index is 2.27. The Bertz CT molecular complexity index is 382. The number of ether oxygens (including phenoxy) is 1. The molecule has 0 radical (unpaired) electrons. The number of rotatable bonds is 3. The third kappa shape index (κ3) is 2.36. The van der Waals surface area contributed by atoms with Crippen molar-refractivity contribution in [1.29, 1.82) is 0 Å². The minimum atomic E-state index is -1.36. The molecule has 106 valence electrons. The van der Waals surface area contributed by atoms with E-state index in [0.29, 0.717) is 18.8 Å². The van der Waals surface area contributed by atoms with Gasteiger partial charge in [-0.15, -0.1) is 0 Å². The van der Waals surface area contributed by atoms with Crippen LogP contribution in [0.2, 0.25) is 0 Å². The summed E-state index contributed by atoms with van der Waals surface area (Å²) in [4.78, 5) is 36.4. The Morgan fingerprint density at radius 1 is 1.32 bits per heavy atom. The first-order valence-corrected chi connectivity index (χ1v) is 6.68. The molecule has 0 spiro atoms. The molecule has 0 unspecified atom stereocenters. The fourth-order valence-corrected chi connectivity index (χ4v) is 3.07. The van der Waals surface area contributed by atoms with Crippen LogP contribution in [0.3, 0.4) is 0 Å². The summed E-state index contributed by atoms with van der Waals surface area (Å²) in [6.45, 7) is 1.65. The second-order valence-electron chi connectivity index (χ2n) is 5.30. The normalized spacial score (nSPS) is 32.5. The van der Waals surface area contributed by atoms with Crippen LogP contribution in [0.25, 0.3) is 0 Å². The molecule has 1 N–H and O–H groups in total. The molecule has 2 amide bonds. The van der Waals surface area contributed by atoms with Crippen molar-refractivity contribution in [3.8, 4) is 0 Å². The molecule has 1 saturated heterocycles. The number of hydrogen-bond donors (Lipinski definition) is 1. The van der Waals surface area contributed by atoms with Crippen molar-refractivity contribution in [2.24, 2.45) is 5.92 Å².